The number of hydrogen-bond donors (Lipinski definition) is 6. The molecule has 1 aromatic carbocycles. The van der Waals surface area contributed by atoms with Gasteiger partial charge >= 0.3 is 0 Å². The number of amides is 2. The second kappa shape index (κ2) is 12.0. The summed E-state index contributed by atoms with van der Waals surface area (Å²) in [6.07, 6.45) is 1.64. The normalized spacial score (nSPS) is 12.3. The highest BCUT2D eigenvalue weighted by molar-refractivity contribution is 7.89. The molecule has 15 heteroatoms. The lowest BCUT2D eigenvalue weighted by Gasteiger charge is -2.21. The minimum absolute atomic E-state index is 0.00681. The van der Waals surface area contributed by atoms with Crippen LogP contribution in [-0.2, 0) is 21.2 Å². The molecule has 13 nitrogen and oxygen atoms in total. The maximum Gasteiger partial charge on any atom is 0.283 e. The lowest BCUT2D eigenvalue weighted by Crippen LogP contribution is -2.47. The number of nitrogen functional groups attached to an aromatic ring is 2. The van der Waals surface area contributed by atoms with Crippen LogP contribution in [0.1, 0.15) is 42.7 Å². The number of nitrogens with one attached hydrogen (secondary N) is 2. The summed E-state index contributed by atoms with van der Waals surface area (Å²) in [5.41, 5.74) is 22.7. The zero-order valence-corrected chi connectivity index (χ0v) is 21.4. The van der Waals surface area contributed by atoms with Gasteiger partial charge in [-0.3, -0.25) is 19.9 Å². The zero-order valence-electron chi connectivity index (χ0n) is 19.9. The number of anilines is 2. The molecule has 0 bridgehead atoms. The van der Waals surface area contributed by atoms with E-state index in [0.717, 1.165) is 10.5 Å². The minimum atomic E-state index is -3.93. The van der Waals surface area contributed by atoms with Crippen LogP contribution in [0.15, 0.2) is 29.2 Å². The Morgan fingerprint density at radius 3 is 2.22 bits per heavy atom. The molecule has 0 aliphatic carbocycles. The maximum atomic E-state index is 12.8. The van der Waals surface area contributed by atoms with E-state index in [1.807, 2.05) is 0 Å². The van der Waals surface area contributed by atoms with Crippen LogP contribution in [0.2, 0.25) is 5.15 Å². The van der Waals surface area contributed by atoms with Crippen molar-refractivity contribution >= 4 is 51.0 Å². The Balaban J connectivity index is 1.99. The fourth-order valence-electron chi connectivity index (χ4n) is 3.25. The number of nitrogens with zero attached hydrogens (tertiary/aromatic N) is 3. The van der Waals surface area contributed by atoms with Crippen LogP contribution in [0.5, 0.6) is 0 Å². The first-order valence-electron chi connectivity index (χ1n) is 10.9. The summed E-state index contributed by atoms with van der Waals surface area (Å²) in [5.74, 6) is -2.63. The summed E-state index contributed by atoms with van der Waals surface area (Å²) in [6, 6.07) is 5.17. The Bertz CT molecular complexity index is 1240. The summed E-state index contributed by atoms with van der Waals surface area (Å²) in [7, 11) is -3.93. The van der Waals surface area contributed by atoms with Crippen LogP contribution in [-0.4, -0.2) is 53.6 Å². The molecule has 0 saturated carbocycles. The second-order valence-corrected chi connectivity index (χ2v) is 10.4. The van der Waals surface area contributed by atoms with Gasteiger partial charge in [0.05, 0.1) is 4.90 Å². The highest BCUT2D eigenvalue weighted by atomic mass is 35.5. The number of aryl methyl sites for hydroxylation is 1. The van der Waals surface area contributed by atoms with E-state index in [9.17, 15) is 18.0 Å². The average molecular weight is 540 g/mol. The number of aromatic nitrogens is 2. The lowest BCUT2D eigenvalue weighted by molar-refractivity contribution is -0.120. The molecule has 1 heterocycles. The Kier molecular flexibility index (Phi) is 9.55. The van der Waals surface area contributed by atoms with Gasteiger partial charge in [0.2, 0.25) is 15.9 Å². The Morgan fingerprint density at radius 2 is 1.69 bits per heavy atom. The van der Waals surface area contributed by atoms with Crippen molar-refractivity contribution in [2.75, 3.05) is 18.0 Å². The largest absolute Gasteiger partial charge is 0.382 e. The fraction of sp³-hybridized carbons (Fsp3) is 0.381. The first-order chi connectivity index (χ1) is 16.7. The summed E-state index contributed by atoms with van der Waals surface area (Å²) in [5, 5.41) is 7.54. The van der Waals surface area contributed by atoms with Crippen molar-refractivity contribution in [3.63, 3.8) is 0 Å². The summed E-state index contributed by atoms with van der Waals surface area (Å²) in [6.45, 7) is 3.49. The van der Waals surface area contributed by atoms with E-state index in [1.165, 1.54) is 12.1 Å². The molecule has 36 heavy (non-hydrogen) atoms. The van der Waals surface area contributed by atoms with E-state index in [0.29, 0.717) is 19.3 Å². The van der Waals surface area contributed by atoms with Gasteiger partial charge in [-0.15, -0.1) is 0 Å². The smallest absolute Gasteiger partial charge is 0.283 e. The van der Waals surface area contributed by atoms with E-state index in [4.69, 9.17) is 39.9 Å². The molecule has 0 fully saturated rings. The Morgan fingerprint density at radius 1 is 1.08 bits per heavy atom. The van der Waals surface area contributed by atoms with Gasteiger partial charge in [0.25, 0.3) is 5.91 Å². The predicted octanol–water partition coefficient (Wildman–Crippen LogP) is 0.441. The van der Waals surface area contributed by atoms with Crippen LogP contribution in [0.25, 0.3) is 0 Å². The highest BCUT2D eigenvalue weighted by Gasteiger charge is 2.27. The van der Waals surface area contributed by atoms with Crippen molar-refractivity contribution in [1.82, 2.24) is 19.6 Å². The van der Waals surface area contributed by atoms with E-state index in [2.05, 4.69) is 14.7 Å². The van der Waals surface area contributed by atoms with E-state index >= 15 is 0 Å². The van der Waals surface area contributed by atoms with Crippen LogP contribution < -0.4 is 27.7 Å². The summed E-state index contributed by atoms with van der Waals surface area (Å²) >= 11 is 5.83. The number of sulfonamides is 1. The van der Waals surface area contributed by atoms with Gasteiger partial charge in [0, 0.05) is 6.54 Å². The van der Waals surface area contributed by atoms with Crippen LogP contribution in [0, 0.1) is 11.3 Å². The molecule has 0 unspecified atom stereocenters. The van der Waals surface area contributed by atoms with Crippen molar-refractivity contribution in [2.24, 2.45) is 17.4 Å². The molecule has 1 atom stereocenters. The molecular formula is C21H30ClN9O4S. The molecule has 0 spiro atoms. The summed E-state index contributed by atoms with van der Waals surface area (Å²) in [4.78, 5) is 32.9. The number of carbonyl (C=O) groups excluding carboxylic acids is 2. The number of nitrogens with two attached hydrogens (primary N) is 4. The number of unbranched alkanes of at least 4 members (excludes halogenated alkanes) is 1. The number of halogens is 1. The summed E-state index contributed by atoms with van der Waals surface area (Å²) < 4.78 is 27.5. The number of hydrogen-bond acceptors (Lipinski definition) is 9. The number of primary amides is 1. The molecule has 0 aliphatic heterocycles. The fourth-order valence-corrected chi connectivity index (χ4v) is 4.73. The van der Waals surface area contributed by atoms with E-state index in [1.54, 1.807) is 26.0 Å². The van der Waals surface area contributed by atoms with E-state index in [-0.39, 0.29) is 39.8 Å². The van der Waals surface area contributed by atoms with Crippen LogP contribution >= 0.6 is 11.6 Å². The third-order valence-electron chi connectivity index (χ3n) is 5.23. The molecule has 10 N–H and O–H groups in total. The highest BCUT2D eigenvalue weighted by Crippen LogP contribution is 2.19. The third kappa shape index (κ3) is 7.26. The topological polar surface area (TPSA) is 237 Å². The van der Waals surface area contributed by atoms with Crippen molar-refractivity contribution in [3.05, 3.63) is 40.7 Å². The molecule has 2 aromatic rings. The SMILES string of the molecule is CC(C)[C@H](NS(=O)(=O)c1ccc(CCCCN(C(=N)N)C(=O)c2nc(Cl)c(N)nc2N)cc1)C(N)=O. The molecular weight excluding hydrogens is 510 g/mol. The Hall–Kier alpha value is -3.49. The van der Waals surface area contributed by atoms with Crippen LogP contribution in [0.4, 0.5) is 11.6 Å². The predicted molar refractivity (Wildman–Crippen MR) is 136 cm³/mol. The quantitative estimate of drug-likeness (QED) is 0.132. The van der Waals surface area contributed by atoms with Crippen molar-refractivity contribution in [3.8, 4) is 0 Å². The van der Waals surface area contributed by atoms with Gasteiger partial charge in [-0.05, 0) is 42.9 Å². The van der Waals surface area contributed by atoms with Crippen molar-refractivity contribution in [2.45, 2.75) is 44.0 Å². The van der Waals surface area contributed by atoms with Crippen LogP contribution in [0.3, 0.4) is 0 Å². The molecule has 2 rings (SSSR count). The number of benzene rings is 1. The average Bonchev–Trinajstić information content (AvgIpc) is 2.79. The minimum Gasteiger partial charge on any atom is -0.382 e. The van der Waals surface area contributed by atoms with Gasteiger partial charge in [0.1, 0.15) is 6.04 Å². The third-order valence-corrected chi connectivity index (χ3v) is 6.96. The molecule has 196 valence electrons. The molecule has 1 aromatic heterocycles. The molecule has 0 saturated heterocycles. The van der Waals surface area contributed by atoms with Gasteiger partial charge in [-0.25, -0.2) is 18.4 Å². The number of guanidine groups is 1. The number of rotatable bonds is 11. The number of carbonyl (C=O) groups is 2. The molecule has 0 radical (unpaired) electrons. The monoisotopic (exact) mass is 539 g/mol. The van der Waals surface area contributed by atoms with E-state index < -0.39 is 33.8 Å². The second-order valence-electron chi connectivity index (χ2n) is 8.32. The molecule has 0 aliphatic rings. The molecule has 2 amide bonds. The zero-order chi connectivity index (χ0) is 27.2. The first-order valence-corrected chi connectivity index (χ1v) is 12.8. The maximum absolute atomic E-state index is 12.8. The van der Waals surface area contributed by atoms with Crippen molar-refractivity contribution in [1.29, 1.82) is 5.41 Å². The van der Waals surface area contributed by atoms with Gasteiger partial charge in [0.15, 0.2) is 28.4 Å². The van der Waals surface area contributed by atoms with Crippen molar-refractivity contribution < 1.29 is 18.0 Å². The lowest BCUT2D eigenvalue weighted by atomic mass is 10.1. The first kappa shape index (κ1) is 28.7. The van der Waals surface area contributed by atoms with Gasteiger partial charge in [-0.1, -0.05) is 37.6 Å². The van der Waals surface area contributed by atoms with Gasteiger partial charge < -0.3 is 22.9 Å². The van der Waals surface area contributed by atoms with Gasteiger partial charge in [-0.2, -0.15) is 4.72 Å². The Labute approximate surface area is 214 Å². The standard InChI is InChI=1S/C21H30ClN9O4S/c1-11(2)14(19(25)32)30-36(34,35)13-8-6-12(7-9-13)5-3-4-10-31(21(26)27)20(33)15-17(23)29-18(24)16(22)28-15/h6-9,11,14,30H,3-5,10H2,1-2H3,(H2,25,32)(H3,26,27)(H4,23,24,29)/t14-/m0/s1.